The van der Waals surface area contributed by atoms with Crippen LogP contribution in [0.2, 0.25) is 0 Å². The molecule has 134 valence electrons. The van der Waals surface area contributed by atoms with Crippen LogP contribution < -0.4 is 16.0 Å². The predicted molar refractivity (Wildman–Crippen MR) is 104 cm³/mol. The Labute approximate surface area is 154 Å². The average molecular weight is 349 g/mol. The molecule has 0 aliphatic carbocycles. The van der Waals surface area contributed by atoms with Crippen molar-refractivity contribution in [2.75, 3.05) is 18.4 Å². The second kappa shape index (κ2) is 9.28. The van der Waals surface area contributed by atoms with Gasteiger partial charge in [-0.3, -0.25) is 4.79 Å². The number of hydrogen-bond acceptors (Lipinski definition) is 2. The van der Waals surface area contributed by atoms with E-state index in [-0.39, 0.29) is 19.0 Å². The minimum Gasteiger partial charge on any atom is -0.329 e. The van der Waals surface area contributed by atoms with E-state index >= 15 is 0 Å². The van der Waals surface area contributed by atoms with E-state index in [4.69, 9.17) is 0 Å². The van der Waals surface area contributed by atoms with E-state index in [0.717, 1.165) is 27.9 Å². The molecule has 0 fully saturated rings. The molecule has 0 atom stereocenters. The molecule has 3 amide bonds. The minimum absolute atomic E-state index is 0.106. The third-order valence-corrected chi connectivity index (χ3v) is 3.69. The molecule has 0 radical (unpaired) electrons. The van der Waals surface area contributed by atoms with E-state index < -0.39 is 6.03 Å². The van der Waals surface area contributed by atoms with Gasteiger partial charge in [-0.15, -0.1) is 0 Å². The molecule has 2 aromatic rings. The maximum atomic E-state index is 12.0. The summed E-state index contributed by atoms with van der Waals surface area (Å²) < 4.78 is 0. The fraction of sp³-hybridized carbons (Fsp3) is 0.238. The second-order valence-corrected chi connectivity index (χ2v) is 6.03. The maximum absolute atomic E-state index is 12.0. The number of aryl methyl sites for hydroxylation is 3. The van der Waals surface area contributed by atoms with Crippen molar-refractivity contribution in [3.8, 4) is 11.8 Å². The van der Waals surface area contributed by atoms with Crippen LogP contribution in [0.4, 0.5) is 10.5 Å². The van der Waals surface area contributed by atoms with Crippen molar-refractivity contribution < 1.29 is 9.59 Å². The summed E-state index contributed by atoms with van der Waals surface area (Å²) in [5.74, 6) is 5.53. The van der Waals surface area contributed by atoms with Crippen molar-refractivity contribution in [3.63, 3.8) is 0 Å². The highest BCUT2D eigenvalue weighted by Crippen LogP contribution is 2.21. The normalized spacial score (nSPS) is 9.65. The topological polar surface area (TPSA) is 70.2 Å². The average Bonchev–Trinajstić information content (AvgIpc) is 2.61. The Balaban J connectivity index is 1.75. The van der Waals surface area contributed by atoms with Crippen molar-refractivity contribution in [1.82, 2.24) is 10.6 Å². The van der Waals surface area contributed by atoms with Gasteiger partial charge in [-0.1, -0.05) is 47.7 Å². The molecule has 5 heteroatoms. The molecule has 0 aliphatic heterocycles. The Hall–Kier alpha value is -3.26. The number of urea groups is 1. The van der Waals surface area contributed by atoms with Crippen LogP contribution >= 0.6 is 0 Å². The summed E-state index contributed by atoms with van der Waals surface area (Å²) in [5.41, 5.74) is 4.81. The molecule has 2 rings (SSSR count). The van der Waals surface area contributed by atoms with Gasteiger partial charge < -0.3 is 16.0 Å². The smallest absolute Gasteiger partial charge is 0.315 e. The molecule has 5 nitrogen and oxygen atoms in total. The first-order chi connectivity index (χ1) is 12.5. The first kappa shape index (κ1) is 19.1. The summed E-state index contributed by atoms with van der Waals surface area (Å²) in [7, 11) is 0. The quantitative estimate of drug-likeness (QED) is 0.743. The van der Waals surface area contributed by atoms with E-state index in [1.807, 2.05) is 63.2 Å². The molecule has 0 heterocycles. The van der Waals surface area contributed by atoms with Crippen molar-refractivity contribution >= 4 is 17.6 Å². The van der Waals surface area contributed by atoms with Crippen molar-refractivity contribution in [3.05, 3.63) is 64.7 Å². The predicted octanol–water partition coefficient (Wildman–Crippen LogP) is 2.90. The Morgan fingerprint density at radius 1 is 0.962 bits per heavy atom. The van der Waals surface area contributed by atoms with Crippen LogP contribution in [-0.4, -0.2) is 25.0 Å². The molecule has 0 saturated carbocycles. The lowest BCUT2D eigenvalue weighted by Crippen LogP contribution is -2.40. The Morgan fingerprint density at radius 2 is 1.62 bits per heavy atom. The summed E-state index contributed by atoms with van der Waals surface area (Å²) in [6.45, 7) is 6.00. The Kier molecular flexibility index (Phi) is 6.81. The zero-order valence-electron chi connectivity index (χ0n) is 15.3. The number of hydrogen-bond donors (Lipinski definition) is 3. The molecular weight excluding hydrogens is 326 g/mol. The van der Waals surface area contributed by atoms with Gasteiger partial charge in [0.05, 0.1) is 13.1 Å². The third kappa shape index (κ3) is 5.99. The van der Waals surface area contributed by atoms with Crippen LogP contribution in [0, 0.1) is 32.6 Å². The molecule has 26 heavy (non-hydrogen) atoms. The lowest BCUT2D eigenvalue weighted by atomic mass is 10.1. The summed E-state index contributed by atoms with van der Waals surface area (Å²) in [5, 5.41) is 7.96. The van der Waals surface area contributed by atoms with Crippen LogP contribution in [0.25, 0.3) is 0 Å². The fourth-order valence-corrected chi connectivity index (χ4v) is 2.58. The molecule has 2 aromatic carbocycles. The number of rotatable bonds is 4. The number of nitrogens with one attached hydrogen (secondary N) is 3. The van der Waals surface area contributed by atoms with E-state index in [0.29, 0.717) is 0 Å². The maximum Gasteiger partial charge on any atom is 0.315 e. The van der Waals surface area contributed by atoms with Gasteiger partial charge in [-0.2, -0.15) is 0 Å². The van der Waals surface area contributed by atoms with Crippen LogP contribution in [0.1, 0.15) is 22.3 Å². The summed E-state index contributed by atoms with van der Waals surface area (Å²) in [6.07, 6.45) is 0. The molecule has 0 aliphatic rings. The first-order valence-electron chi connectivity index (χ1n) is 8.39. The number of carbonyl (C=O) groups excluding carboxylic acids is 2. The standard InChI is InChI=1S/C21H23N3O2/c1-15-12-16(2)20(17(3)13-15)24-19(25)14-23-21(26)22-11-7-10-18-8-5-4-6-9-18/h4-6,8-9,12-13H,11,14H2,1-3H3,(H,24,25)(H2,22,23,26). The molecule has 0 aromatic heterocycles. The molecule has 0 bridgehead atoms. The lowest BCUT2D eigenvalue weighted by molar-refractivity contribution is -0.115. The fourth-order valence-electron chi connectivity index (χ4n) is 2.58. The SMILES string of the molecule is Cc1cc(C)c(NC(=O)CNC(=O)NCC#Cc2ccccc2)c(C)c1. The molecule has 0 spiro atoms. The van der Waals surface area contributed by atoms with Crippen molar-refractivity contribution in [2.45, 2.75) is 20.8 Å². The van der Waals surface area contributed by atoms with Crippen molar-refractivity contribution in [2.24, 2.45) is 0 Å². The van der Waals surface area contributed by atoms with Crippen LogP contribution in [-0.2, 0) is 4.79 Å². The third-order valence-electron chi connectivity index (χ3n) is 3.69. The second-order valence-electron chi connectivity index (χ2n) is 6.03. The number of anilines is 1. The largest absolute Gasteiger partial charge is 0.329 e. The van der Waals surface area contributed by atoms with Gasteiger partial charge in [0.25, 0.3) is 0 Å². The van der Waals surface area contributed by atoms with Gasteiger partial charge in [0.2, 0.25) is 5.91 Å². The molecule has 3 N–H and O–H groups in total. The first-order valence-corrected chi connectivity index (χ1v) is 8.39. The van der Waals surface area contributed by atoms with Gasteiger partial charge in [0, 0.05) is 11.3 Å². The summed E-state index contributed by atoms with van der Waals surface area (Å²) >= 11 is 0. The van der Waals surface area contributed by atoms with Crippen LogP contribution in [0.3, 0.4) is 0 Å². The van der Waals surface area contributed by atoms with Gasteiger partial charge in [-0.05, 0) is 44.0 Å². The number of benzene rings is 2. The van der Waals surface area contributed by atoms with E-state index in [2.05, 4.69) is 27.8 Å². The molecular formula is C21H23N3O2. The number of carbonyl (C=O) groups is 2. The highest BCUT2D eigenvalue weighted by Gasteiger charge is 2.09. The highest BCUT2D eigenvalue weighted by atomic mass is 16.2. The summed E-state index contributed by atoms with van der Waals surface area (Å²) in [4.78, 5) is 23.8. The minimum atomic E-state index is -0.431. The molecule has 0 unspecified atom stereocenters. The Morgan fingerprint density at radius 3 is 2.27 bits per heavy atom. The zero-order chi connectivity index (χ0) is 18.9. The van der Waals surface area contributed by atoms with Crippen molar-refractivity contribution in [1.29, 1.82) is 0 Å². The van der Waals surface area contributed by atoms with Crippen LogP contribution in [0.15, 0.2) is 42.5 Å². The van der Waals surface area contributed by atoms with Gasteiger partial charge in [0.15, 0.2) is 0 Å². The van der Waals surface area contributed by atoms with E-state index in [9.17, 15) is 9.59 Å². The van der Waals surface area contributed by atoms with E-state index in [1.54, 1.807) is 0 Å². The highest BCUT2D eigenvalue weighted by molar-refractivity contribution is 5.95. The Bertz CT molecular complexity index is 826. The van der Waals surface area contributed by atoms with Crippen LogP contribution in [0.5, 0.6) is 0 Å². The molecule has 0 saturated heterocycles. The monoisotopic (exact) mass is 349 g/mol. The van der Waals surface area contributed by atoms with E-state index in [1.165, 1.54) is 0 Å². The zero-order valence-corrected chi connectivity index (χ0v) is 15.3. The van der Waals surface area contributed by atoms with Gasteiger partial charge >= 0.3 is 6.03 Å². The number of amides is 3. The summed E-state index contributed by atoms with van der Waals surface area (Å²) in [6, 6.07) is 13.1. The van der Waals surface area contributed by atoms with Gasteiger partial charge in [-0.25, -0.2) is 4.79 Å². The van der Waals surface area contributed by atoms with Gasteiger partial charge in [0.1, 0.15) is 0 Å². The lowest BCUT2D eigenvalue weighted by Gasteiger charge is -2.13.